The highest BCUT2D eigenvalue weighted by atomic mass is 32.1. The van der Waals surface area contributed by atoms with Crippen LogP contribution in [0.1, 0.15) is 41.5 Å². The average molecular weight is 323 g/mol. The number of hydrogen-bond donors (Lipinski definition) is 1. The van der Waals surface area contributed by atoms with Crippen LogP contribution < -0.4 is 5.32 Å². The Labute approximate surface area is 139 Å². The monoisotopic (exact) mass is 323 g/mol. The van der Waals surface area contributed by atoms with Gasteiger partial charge in [0.05, 0.1) is 0 Å². The molecule has 2 aromatic rings. The van der Waals surface area contributed by atoms with E-state index in [4.69, 9.17) is 0 Å². The van der Waals surface area contributed by atoms with Gasteiger partial charge in [0.25, 0.3) is 0 Å². The fourth-order valence-corrected chi connectivity index (χ4v) is 4.49. The van der Waals surface area contributed by atoms with Crippen LogP contribution in [0.25, 0.3) is 0 Å². The second kappa shape index (κ2) is 5.78. The second-order valence-corrected chi connectivity index (χ2v) is 7.13. The number of carbonyl (C=O) groups is 2. The van der Waals surface area contributed by atoms with Gasteiger partial charge in [0.2, 0.25) is 5.91 Å². The van der Waals surface area contributed by atoms with Crippen LogP contribution in [0, 0.1) is 0 Å². The van der Waals surface area contributed by atoms with E-state index >= 15 is 0 Å². The van der Waals surface area contributed by atoms with E-state index in [0.29, 0.717) is 12.8 Å². The number of Topliss-reactive ketones (excluding diaryl/α,β-unsaturated/α-hetero) is 1. The van der Waals surface area contributed by atoms with E-state index in [-0.39, 0.29) is 23.5 Å². The highest BCUT2D eigenvalue weighted by Crippen LogP contribution is 2.43. The molecular weight excluding hydrogens is 306 g/mol. The van der Waals surface area contributed by atoms with Crippen LogP contribution >= 0.6 is 11.3 Å². The number of hydrogen-bond acceptors (Lipinski definition) is 3. The standard InChI is InChI=1S/C19H17NO2S/c21-16-10-13(17-7-4-8-23-17)9-15-19(16)14(11-18(22)20-15)12-5-2-1-3-6-12/h1-8,13-14H,9-11H2,(H,20,22). The summed E-state index contributed by atoms with van der Waals surface area (Å²) in [5.74, 6) is 0.281. The van der Waals surface area contributed by atoms with E-state index in [0.717, 1.165) is 23.3 Å². The zero-order valence-corrected chi connectivity index (χ0v) is 13.4. The topological polar surface area (TPSA) is 46.2 Å². The van der Waals surface area contributed by atoms with Gasteiger partial charge in [0, 0.05) is 40.8 Å². The molecule has 1 aromatic carbocycles. The molecule has 4 heteroatoms. The van der Waals surface area contributed by atoms with Crippen LogP contribution in [-0.2, 0) is 9.59 Å². The van der Waals surface area contributed by atoms with Crippen molar-refractivity contribution in [3.8, 4) is 0 Å². The summed E-state index contributed by atoms with van der Waals surface area (Å²) in [6, 6.07) is 14.0. The lowest BCUT2D eigenvalue weighted by atomic mass is 9.75. The molecule has 1 aromatic heterocycles. The van der Waals surface area contributed by atoms with Crippen molar-refractivity contribution in [1.29, 1.82) is 0 Å². The average Bonchev–Trinajstić information content (AvgIpc) is 3.09. The molecule has 3 nitrogen and oxygen atoms in total. The molecule has 2 aliphatic rings. The lowest BCUT2D eigenvalue weighted by Crippen LogP contribution is -2.38. The Morgan fingerprint density at radius 1 is 0.957 bits per heavy atom. The molecule has 0 spiro atoms. The quantitative estimate of drug-likeness (QED) is 0.915. The third kappa shape index (κ3) is 2.63. The van der Waals surface area contributed by atoms with E-state index in [2.05, 4.69) is 11.4 Å². The van der Waals surface area contributed by atoms with E-state index in [1.54, 1.807) is 11.3 Å². The lowest BCUT2D eigenvalue weighted by Gasteiger charge is -2.34. The molecular formula is C19H17NO2S. The van der Waals surface area contributed by atoms with Gasteiger partial charge in [-0.25, -0.2) is 0 Å². The van der Waals surface area contributed by atoms with Crippen molar-refractivity contribution >= 4 is 23.0 Å². The van der Waals surface area contributed by atoms with Gasteiger partial charge in [-0.15, -0.1) is 11.3 Å². The van der Waals surface area contributed by atoms with Gasteiger partial charge in [-0.05, 0) is 23.4 Å². The Morgan fingerprint density at radius 2 is 1.78 bits per heavy atom. The molecule has 0 radical (unpaired) electrons. The predicted molar refractivity (Wildman–Crippen MR) is 90.3 cm³/mol. The maximum Gasteiger partial charge on any atom is 0.225 e. The number of benzene rings is 1. The molecule has 1 amide bonds. The van der Waals surface area contributed by atoms with Crippen LogP contribution in [0.4, 0.5) is 0 Å². The van der Waals surface area contributed by atoms with Crippen molar-refractivity contribution in [3.63, 3.8) is 0 Å². The molecule has 2 atom stereocenters. The van der Waals surface area contributed by atoms with Crippen LogP contribution in [-0.4, -0.2) is 11.7 Å². The number of nitrogens with one attached hydrogen (secondary N) is 1. The molecule has 1 aliphatic heterocycles. The minimum absolute atomic E-state index is 0.0113. The van der Waals surface area contributed by atoms with Gasteiger partial charge >= 0.3 is 0 Å². The highest BCUT2D eigenvalue weighted by Gasteiger charge is 2.38. The third-order valence-corrected chi connectivity index (χ3v) is 5.72. The smallest absolute Gasteiger partial charge is 0.225 e. The Bertz CT molecular complexity index is 777. The van der Waals surface area contributed by atoms with Crippen LogP contribution in [0.5, 0.6) is 0 Å². The van der Waals surface area contributed by atoms with Gasteiger partial charge in [-0.3, -0.25) is 9.59 Å². The molecule has 0 fully saturated rings. The largest absolute Gasteiger partial charge is 0.329 e. The van der Waals surface area contributed by atoms with E-state index in [1.165, 1.54) is 4.88 Å². The van der Waals surface area contributed by atoms with E-state index in [1.807, 2.05) is 41.8 Å². The molecule has 0 bridgehead atoms. The Morgan fingerprint density at radius 3 is 2.52 bits per heavy atom. The van der Waals surface area contributed by atoms with Gasteiger partial charge in [-0.2, -0.15) is 0 Å². The van der Waals surface area contributed by atoms with Gasteiger partial charge < -0.3 is 5.32 Å². The van der Waals surface area contributed by atoms with Gasteiger partial charge in [0.1, 0.15) is 0 Å². The molecule has 23 heavy (non-hydrogen) atoms. The summed E-state index contributed by atoms with van der Waals surface area (Å²) in [6.07, 6.45) is 1.65. The normalized spacial score (nSPS) is 24.3. The number of allylic oxidation sites excluding steroid dienone is 2. The molecule has 0 saturated carbocycles. The first-order valence-corrected chi connectivity index (χ1v) is 8.75. The fraction of sp³-hybridized carbons (Fsp3) is 0.263. The van der Waals surface area contributed by atoms with Crippen LogP contribution in [0.15, 0.2) is 59.1 Å². The second-order valence-electron chi connectivity index (χ2n) is 6.15. The van der Waals surface area contributed by atoms with Crippen LogP contribution in [0.3, 0.4) is 0 Å². The zero-order valence-electron chi connectivity index (χ0n) is 12.6. The molecule has 1 aliphatic carbocycles. The lowest BCUT2D eigenvalue weighted by molar-refractivity contribution is -0.122. The number of carbonyl (C=O) groups excluding carboxylic acids is 2. The Balaban J connectivity index is 1.73. The number of rotatable bonds is 2. The summed E-state index contributed by atoms with van der Waals surface area (Å²) in [5.41, 5.74) is 2.71. The fourth-order valence-electron chi connectivity index (χ4n) is 3.65. The van der Waals surface area contributed by atoms with Crippen molar-refractivity contribution < 1.29 is 9.59 Å². The maximum absolute atomic E-state index is 12.8. The van der Waals surface area contributed by atoms with Crippen molar-refractivity contribution in [2.75, 3.05) is 0 Å². The summed E-state index contributed by atoms with van der Waals surface area (Å²) in [5, 5.41) is 5.00. The summed E-state index contributed by atoms with van der Waals surface area (Å²) in [6.45, 7) is 0. The first-order valence-electron chi connectivity index (χ1n) is 7.87. The highest BCUT2D eigenvalue weighted by molar-refractivity contribution is 7.10. The summed E-state index contributed by atoms with van der Waals surface area (Å²) in [4.78, 5) is 26.2. The van der Waals surface area contributed by atoms with Crippen LogP contribution in [0.2, 0.25) is 0 Å². The van der Waals surface area contributed by atoms with E-state index in [9.17, 15) is 9.59 Å². The minimum atomic E-state index is -0.100. The summed E-state index contributed by atoms with van der Waals surface area (Å²) < 4.78 is 0. The van der Waals surface area contributed by atoms with Gasteiger partial charge in [-0.1, -0.05) is 36.4 Å². The molecule has 2 unspecified atom stereocenters. The van der Waals surface area contributed by atoms with E-state index < -0.39 is 0 Å². The van der Waals surface area contributed by atoms with Crippen molar-refractivity contribution in [2.24, 2.45) is 0 Å². The first kappa shape index (κ1) is 14.4. The number of ketones is 1. The molecule has 4 rings (SSSR count). The molecule has 1 N–H and O–H groups in total. The number of thiophene rings is 1. The minimum Gasteiger partial charge on any atom is -0.329 e. The first-order chi connectivity index (χ1) is 11.2. The van der Waals surface area contributed by atoms with Crippen molar-refractivity contribution in [1.82, 2.24) is 5.32 Å². The van der Waals surface area contributed by atoms with Crippen molar-refractivity contribution in [3.05, 3.63) is 69.6 Å². The summed E-state index contributed by atoms with van der Waals surface area (Å²) in [7, 11) is 0. The maximum atomic E-state index is 12.8. The molecule has 116 valence electrons. The Hall–Kier alpha value is -2.20. The predicted octanol–water partition coefficient (Wildman–Crippen LogP) is 3.75. The number of amides is 1. The SMILES string of the molecule is O=C1CC(c2ccccc2)C2=C(CC(c3cccs3)CC2=O)N1. The zero-order chi connectivity index (χ0) is 15.8. The van der Waals surface area contributed by atoms with Crippen molar-refractivity contribution in [2.45, 2.75) is 31.1 Å². The summed E-state index contributed by atoms with van der Waals surface area (Å²) >= 11 is 1.68. The Kier molecular flexibility index (Phi) is 3.62. The van der Waals surface area contributed by atoms with Gasteiger partial charge in [0.15, 0.2) is 5.78 Å². The molecule has 0 saturated heterocycles. The third-order valence-electron chi connectivity index (χ3n) is 4.68. The molecule has 2 heterocycles.